The van der Waals surface area contributed by atoms with Crippen molar-refractivity contribution in [2.75, 3.05) is 33.2 Å². The zero-order chi connectivity index (χ0) is 21.3. The van der Waals surface area contributed by atoms with Crippen molar-refractivity contribution in [1.82, 2.24) is 14.4 Å². The Morgan fingerprint density at radius 2 is 1.90 bits per heavy atom. The maximum Gasteiger partial charge on any atom is 0.260 e. The minimum Gasteiger partial charge on any atom is -0.507 e. The average molecular weight is 411 g/mol. The molecule has 0 spiro atoms. The maximum absolute atomic E-state index is 14.1. The number of furan rings is 1. The quantitative estimate of drug-likeness (QED) is 0.700. The van der Waals surface area contributed by atoms with Crippen LogP contribution in [0.15, 0.2) is 57.9 Å². The van der Waals surface area contributed by atoms with Gasteiger partial charge in [-0.2, -0.15) is 0 Å². The highest BCUT2D eigenvalue weighted by molar-refractivity contribution is 5.41. The van der Waals surface area contributed by atoms with Gasteiger partial charge in [-0.25, -0.2) is 4.39 Å². The summed E-state index contributed by atoms with van der Waals surface area (Å²) in [5, 5.41) is 10.8. The number of aromatic nitrogens is 1. The summed E-state index contributed by atoms with van der Waals surface area (Å²) >= 11 is 0. The molecule has 1 atom stereocenters. The Balaban J connectivity index is 1.84. The molecule has 0 bridgehead atoms. The van der Waals surface area contributed by atoms with E-state index in [2.05, 4.69) is 9.80 Å². The first kappa shape index (κ1) is 20.4. The van der Waals surface area contributed by atoms with E-state index in [0.717, 1.165) is 13.1 Å². The zero-order valence-corrected chi connectivity index (χ0v) is 17.2. The van der Waals surface area contributed by atoms with Gasteiger partial charge in [-0.3, -0.25) is 9.69 Å². The van der Waals surface area contributed by atoms with Crippen LogP contribution in [-0.4, -0.2) is 52.7 Å². The summed E-state index contributed by atoms with van der Waals surface area (Å²) in [4.78, 5) is 17.9. The SMILES string of the molecule is Cc1cc(O)c([C@@H](c2cccc(F)c2)N2CCN(C)CC2)c(=O)n1Cc1ccco1. The van der Waals surface area contributed by atoms with E-state index in [-0.39, 0.29) is 29.2 Å². The highest BCUT2D eigenvalue weighted by Gasteiger charge is 2.31. The fourth-order valence-electron chi connectivity index (χ4n) is 4.10. The van der Waals surface area contributed by atoms with Crippen molar-refractivity contribution >= 4 is 0 Å². The fraction of sp³-hybridized carbons (Fsp3) is 0.348. The lowest BCUT2D eigenvalue weighted by molar-refractivity contribution is 0.125. The molecule has 0 radical (unpaired) electrons. The standard InChI is InChI=1S/C23H26FN3O3/c1-16-13-20(28)21(23(29)27(16)15-19-7-4-12-30-19)22(17-5-3-6-18(24)14-17)26-10-8-25(2)9-11-26/h3-7,12-14,22,28H,8-11,15H2,1-2H3/t22-/m1/s1. The Morgan fingerprint density at radius 3 is 2.57 bits per heavy atom. The van der Waals surface area contributed by atoms with Crippen LogP contribution in [0.4, 0.5) is 4.39 Å². The molecule has 158 valence electrons. The van der Waals surface area contributed by atoms with Gasteiger partial charge in [0.25, 0.3) is 5.56 Å². The van der Waals surface area contributed by atoms with Gasteiger partial charge in [0.2, 0.25) is 0 Å². The van der Waals surface area contributed by atoms with E-state index in [1.165, 1.54) is 12.1 Å². The molecule has 1 fully saturated rings. The molecule has 4 rings (SSSR count). The van der Waals surface area contributed by atoms with E-state index in [4.69, 9.17) is 4.42 Å². The van der Waals surface area contributed by atoms with Crippen LogP contribution in [0.25, 0.3) is 0 Å². The Kier molecular flexibility index (Phi) is 5.74. The summed E-state index contributed by atoms with van der Waals surface area (Å²) in [5.74, 6) is 0.217. The van der Waals surface area contributed by atoms with E-state index in [9.17, 15) is 14.3 Å². The van der Waals surface area contributed by atoms with Crippen molar-refractivity contribution in [3.8, 4) is 5.75 Å². The number of halogens is 1. The van der Waals surface area contributed by atoms with Gasteiger partial charge in [0.15, 0.2) is 0 Å². The molecule has 30 heavy (non-hydrogen) atoms. The summed E-state index contributed by atoms with van der Waals surface area (Å²) in [5.41, 5.74) is 1.26. The van der Waals surface area contributed by atoms with Crippen LogP contribution >= 0.6 is 0 Å². The van der Waals surface area contributed by atoms with Crippen molar-refractivity contribution < 1.29 is 13.9 Å². The molecule has 1 aliphatic heterocycles. The van der Waals surface area contributed by atoms with Crippen molar-refractivity contribution in [2.24, 2.45) is 0 Å². The third-order valence-electron chi connectivity index (χ3n) is 5.76. The number of hydrogen-bond donors (Lipinski definition) is 1. The zero-order valence-electron chi connectivity index (χ0n) is 17.2. The van der Waals surface area contributed by atoms with Crippen molar-refractivity contribution in [3.05, 3.63) is 87.5 Å². The summed E-state index contributed by atoms with van der Waals surface area (Å²) in [6.45, 7) is 5.13. The first-order valence-electron chi connectivity index (χ1n) is 10.1. The molecule has 0 unspecified atom stereocenters. The molecule has 0 saturated carbocycles. The molecular formula is C23H26FN3O3. The van der Waals surface area contributed by atoms with Gasteiger partial charge in [0.1, 0.15) is 17.3 Å². The molecule has 0 amide bonds. The summed E-state index contributed by atoms with van der Waals surface area (Å²) in [7, 11) is 2.05. The monoisotopic (exact) mass is 411 g/mol. The molecule has 6 nitrogen and oxygen atoms in total. The molecular weight excluding hydrogens is 385 g/mol. The van der Waals surface area contributed by atoms with Gasteiger partial charge in [0.05, 0.1) is 24.4 Å². The molecule has 1 saturated heterocycles. The van der Waals surface area contributed by atoms with Gasteiger partial charge in [-0.15, -0.1) is 0 Å². The van der Waals surface area contributed by atoms with Crippen LogP contribution in [0, 0.1) is 12.7 Å². The molecule has 0 aliphatic carbocycles. The molecule has 7 heteroatoms. The van der Waals surface area contributed by atoms with Crippen LogP contribution in [0.2, 0.25) is 0 Å². The van der Waals surface area contributed by atoms with Crippen LogP contribution in [0.1, 0.15) is 28.6 Å². The third kappa shape index (κ3) is 4.04. The predicted molar refractivity (Wildman–Crippen MR) is 112 cm³/mol. The number of aromatic hydroxyl groups is 1. The minimum atomic E-state index is -0.537. The lowest BCUT2D eigenvalue weighted by Gasteiger charge is -2.38. The number of likely N-dealkylation sites (N-methyl/N-ethyl adjacent to an activating group) is 1. The second-order valence-corrected chi connectivity index (χ2v) is 7.85. The lowest BCUT2D eigenvalue weighted by atomic mass is 9.96. The van der Waals surface area contributed by atoms with Gasteiger partial charge < -0.3 is 19.0 Å². The highest BCUT2D eigenvalue weighted by Crippen LogP contribution is 2.33. The van der Waals surface area contributed by atoms with Crippen molar-refractivity contribution in [3.63, 3.8) is 0 Å². The first-order chi connectivity index (χ1) is 14.4. The van der Waals surface area contributed by atoms with Crippen LogP contribution < -0.4 is 5.56 Å². The number of pyridine rings is 1. The van der Waals surface area contributed by atoms with Crippen molar-refractivity contribution in [2.45, 2.75) is 19.5 Å². The Hall–Kier alpha value is -2.90. The summed E-state index contributed by atoms with van der Waals surface area (Å²) in [6, 6.07) is 10.9. The number of aryl methyl sites for hydroxylation is 1. The van der Waals surface area contributed by atoms with E-state index >= 15 is 0 Å². The molecule has 3 aromatic rings. The second-order valence-electron chi connectivity index (χ2n) is 7.85. The summed E-state index contributed by atoms with van der Waals surface area (Å²) in [6.07, 6.45) is 1.57. The number of benzene rings is 1. The van der Waals surface area contributed by atoms with Gasteiger partial charge in [0, 0.05) is 31.9 Å². The Bertz CT molecular complexity index is 1070. The fourth-order valence-corrected chi connectivity index (χ4v) is 4.10. The normalized spacial score (nSPS) is 16.6. The smallest absolute Gasteiger partial charge is 0.260 e. The lowest BCUT2D eigenvalue weighted by Crippen LogP contribution is -2.47. The van der Waals surface area contributed by atoms with E-state index in [1.54, 1.807) is 36.0 Å². The predicted octanol–water partition coefficient (Wildman–Crippen LogP) is 2.98. The molecule has 2 aromatic heterocycles. The number of nitrogens with zero attached hydrogens (tertiary/aromatic N) is 3. The van der Waals surface area contributed by atoms with Gasteiger partial charge in [-0.1, -0.05) is 12.1 Å². The average Bonchev–Trinajstić information content (AvgIpc) is 3.22. The topological polar surface area (TPSA) is 61.9 Å². The van der Waals surface area contributed by atoms with Crippen LogP contribution in [0.5, 0.6) is 5.75 Å². The molecule has 3 heterocycles. The Labute approximate surface area is 174 Å². The maximum atomic E-state index is 14.1. The van der Waals surface area contributed by atoms with Crippen molar-refractivity contribution in [1.29, 1.82) is 0 Å². The highest BCUT2D eigenvalue weighted by atomic mass is 19.1. The van der Waals surface area contributed by atoms with E-state index < -0.39 is 6.04 Å². The minimum absolute atomic E-state index is 0.0682. The van der Waals surface area contributed by atoms with Crippen LogP contribution in [0.3, 0.4) is 0 Å². The third-order valence-corrected chi connectivity index (χ3v) is 5.76. The number of rotatable bonds is 5. The van der Waals surface area contributed by atoms with Crippen LogP contribution in [-0.2, 0) is 6.54 Å². The van der Waals surface area contributed by atoms with Gasteiger partial charge >= 0.3 is 0 Å². The number of piperazine rings is 1. The first-order valence-corrected chi connectivity index (χ1v) is 10.1. The largest absolute Gasteiger partial charge is 0.507 e. The second kappa shape index (κ2) is 8.45. The Morgan fingerprint density at radius 1 is 1.13 bits per heavy atom. The van der Waals surface area contributed by atoms with E-state index in [1.807, 2.05) is 19.2 Å². The summed E-state index contributed by atoms with van der Waals surface area (Å²) < 4.78 is 21.1. The van der Waals surface area contributed by atoms with E-state index in [0.29, 0.717) is 30.1 Å². The number of hydrogen-bond acceptors (Lipinski definition) is 5. The molecule has 1 aliphatic rings. The molecule has 1 N–H and O–H groups in total. The van der Waals surface area contributed by atoms with Gasteiger partial charge in [-0.05, 0) is 49.9 Å². The molecule has 1 aromatic carbocycles.